The highest BCUT2D eigenvalue weighted by Gasteiger charge is 2.17. The van der Waals surface area contributed by atoms with Crippen LogP contribution >= 0.6 is 34.8 Å². The number of halogens is 3. The van der Waals surface area contributed by atoms with E-state index in [4.69, 9.17) is 39.9 Å². The first-order chi connectivity index (χ1) is 9.83. The largest absolute Gasteiger partial charge is 0.392 e. The number of hydrogen-bond acceptors (Lipinski definition) is 3. The zero-order chi connectivity index (χ0) is 15.6. The molecular formula is C13H10Cl3NO3S. The van der Waals surface area contributed by atoms with Crippen molar-refractivity contribution in [1.82, 2.24) is 0 Å². The minimum absolute atomic E-state index is 0.0317. The van der Waals surface area contributed by atoms with Crippen molar-refractivity contribution in [3.63, 3.8) is 0 Å². The Bertz CT molecular complexity index is 778. The third-order valence-electron chi connectivity index (χ3n) is 2.68. The average Bonchev–Trinajstić information content (AvgIpc) is 2.42. The minimum atomic E-state index is -3.84. The molecule has 0 saturated carbocycles. The van der Waals surface area contributed by atoms with E-state index in [0.29, 0.717) is 10.6 Å². The second-order valence-electron chi connectivity index (χ2n) is 4.14. The molecule has 0 bridgehead atoms. The van der Waals surface area contributed by atoms with Gasteiger partial charge in [-0.2, -0.15) is 0 Å². The van der Waals surface area contributed by atoms with E-state index in [1.165, 1.54) is 36.4 Å². The van der Waals surface area contributed by atoms with Crippen LogP contribution in [-0.4, -0.2) is 13.5 Å². The van der Waals surface area contributed by atoms with Crippen LogP contribution in [0.5, 0.6) is 0 Å². The van der Waals surface area contributed by atoms with Crippen molar-refractivity contribution >= 4 is 50.5 Å². The third-order valence-corrected chi connectivity index (χ3v) is 4.94. The highest BCUT2D eigenvalue weighted by atomic mass is 35.5. The van der Waals surface area contributed by atoms with Gasteiger partial charge >= 0.3 is 0 Å². The number of benzene rings is 2. The summed E-state index contributed by atoms with van der Waals surface area (Å²) in [5.74, 6) is 0. The number of sulfonamides is 1. The molecule has 112 valence electrons. The molecular weight excluding hydrogens is 357 g/mol. The van der Waals surface area contributed by atoms with Gasteiger partial charge in [0.25, 0.3) is 10.0 Å². The predicted molar refractivity (Wildman–Crippen MR) is 84.6 cm³/mol. The quantitative estimate of drug-likeness (QED) is 0.861. The Hall–Kier alpha value is -0.980. The Kier molecular flexibility index (Phi) is 5.01. The van der Waals surface area contributed by atoms with Gasteiger partial charge < -0.3 is 5.11 Å². The molecule has 8 heteroatoms. The summed E-state index contributed by atoms with van der Waals surface area (Å²) < 4.78 is 26.9. The normalized spacial score (nSPS) is 11.4. The lowest BCUT2D eigenvalue weighted by Gasteiger charge is -2.11. The summed E-state index contributed by atoms with van der Waals surface area (Å²) in [6.45, 7) is -0.268. The van der Waals surface area contributed by atoms with Crippen molar-refractivity contribution in [2.24, 2.45) is 0 Å². The molecule has 4 nitrogen and oxygen atoms in total. The number of nitrogens with one attached hydrogen (secondary N) is 1. The average molecular weight is 367 g/mol. The van der Waals surface area contributed by atoms with E-state index < -0.39 is 10.0 Å². The third kappa shape index (κ3) is 3.81. The molecule has 0 heterocycles. The fourth-order valence-corrected chi connectivity index (χ4v) is 3.52. The maximum atomic E-state index is 12.3. The van der Waals surface area contributed by atoms with Gasteiger partial charge in [0.1, 0.15) is 0 Å². The summed E-state index contributed by atoms with van der Waals surface area (Å²) in [6.07, 6.45) is 0. The molecule has 0 aliphatic heterocycles. The van der Waals surface area contributed by atoms with Gasteiger partial charge in [0, 0.05) is 10.0 Å². The van der Waals surface area contributed by atoms with Crippen molar-refractivity contribution in [3.05, 3.63) is 57.0 Å². The molecule has 0 atom stereocenters. The lowest BCUT2D eigenvalue weighted by molar-refractivity contribution is 0.282. The molecule has 0 radical (unpaired) electrons. The number of aliphatic hydroxyl groups is 1. The van der Waals surface area contributed by atoms with Crippen molar-refractivity contribution in [1.29, 1.82) is 0 Å². The molecule has 0 fully saturated rings. The number of anilines is 1. The SMILES string of the molecule is O=S(=O)(Nc1ccc(Cl)cc1Cl)c1ccc(CO)c(Cl)c1. The number of aliphatic hydroxyl groups excluding tert-OH is 1. The molecule has 2 N–H and O–H groups in total. The van der Waals surface area contributed by atoms with Crippen LogP contribution in [-0.2, 0) is 16.6 Å². The van der Waals surface area contributed by atoms with E-state index in [2.05, 4.69) is 4.72 Å². The molecule has 0 saturated heterocycles. The topological polar surface area (TPSA) is 66.4 Å². The van der Waals surface area contributed by atoms with Gasteiger partial charge in [0.15, 0.2) is 0 Å². The molecule has 0 aliphatic carbocycles. The van der Waals surface area contributed by atoms with Crippen LogP contribution in [0.4, 0.5) is 5.69 Å². The van der Waals surface area contributed by atoms with Crippen LogP contribution in [0.2, 0.25) is 15.1 Å². The lowest BCUT2D eigenvalue weighted by atomic mass is 10.2. The predicted octanol–water partition coefficient (Wildman–Crippen LogP) is 3.94. The van der Waals surface area contributed by atoms with E-state index in [1.54, 1.807) is 0 Å². The lowest BCUT2D eigenvalue weighted by Crippen LogP contribution is -2.13. The van der Waals surface area contributed by atoms with E-state index in [1.807, 2.05) is 0 Å². The van der Waals surface area contributed by atoms with Crippen molar-refractivity contribution in [3.8, 4) is 0 Å². The van der Waals surface area contributed by atoms with Gasteiger partial charge in [-0.05, 0) is 35.9 Å². The van der Waals surface area contributed by atoms with Gasteiger partial charge in [-0.25, -0.2) is 8.42 Å². The van der Waals surface area contributed by atoms with E-state index in [0.717, 1.165) is 0 Å². The highest BCUT2D eigenvalue weighted by Crippen LogP contribution is 2.28. The van der Waals surface area contributed by atoms with Gasteiger partial charge in [0.2, 0.25) is 0 Å². The summed E-state index contributed by atoms with van der Waals surface area (Å²) in [5.41, 5.74) is 0.656. The van der Waals surface area contributed by atoms with Gasteiger partial charge in [-0.1, -0.05) is 40.9 Å². The zero-order valence-electron chi connectivity index (χ0n) is 10.5. The fraction of sp³-hybridized carbons (Fsp3) is 0.0769. The molecule has 0 spiro atoms. The summed E-state index contributed by atoms with van der Waals surface area (Å²) in [5, 5.41) is 9.78. The van der Waals surface area contributed by atoms with Crippen molar-refractivity contribution < 1.29 is 13.5 Å². The van der Waals surface area contributed by atoms with Gasteiger partial charge in [-0.3, -0.25) is 4.72 Å². The molecule has 2 rings (SSSR count). The molecule has 0 aromatic heterocycles. The molecule has 2 aromatic rings. The Morgan fingerprint density at radius 1 is 1.00 bits per heavy atom. The Labute approximate surface area is 137 Å². The van der Waals surface area contributed by atoms with Crippen molar-refractivity contribution in [2.45, 2.75) is 11.5 Å². The fourth-order valence-electron chi connectivity index (χ4n) is 1.60. The summed E-state index contributed by atoms with van der Waals surface area (Å²) in [6, 6.07) is 8.48. The second kappa shape index (κ2) is 6.42. The summed E-state index contributed by atoms with van der Waals surface area (Å²) >= 11 is 17.6. The van der Waals surface area contributed by atoms with E-state index in [9.17, 15) is 8.42 Å². The first kappa shape index (κ1) is 16.4. The Morgan fingerprint density at radius 2 is 1.71 bits per heavy atom. The zero-order valence-corrected chi connectivity index (χ0v) is 13.6. The van der Waals surface area contributed by atoms with Gasteiger partial charge in [0.05, 0.1) is 22.2 Å². The van der Waals surface area contributed by atoms with Crippen LogP contribution in [0.25, 0.3) is 0 Å². The summed E-state index contributed by atoms with van der Waals surface area (Å²) in [4.78, 5) is -0.0317. The molecule has 0 aliphatic rings. The standard InChI is InChI=1S/C13H10Cl3NO3S/c14-9-2-4-13(12(16)5-9)17-21(19,20)10-3-1-8(7-18)11(15)6-10/h1-6,17-18H,7H2. The second-order valence-corrected chi connectivity index (χ2v) is 7.07. The van der Waals surface area contributed by atoms with Gasteiger partial charge in [-0.15, -0.1) is 0 Å². The van der Waals surface area contributed by atoms with Crippen molar-refractivity contribution in [2.75, 3.05) is 4.72 Å². The molecule has 0 unspecified atom stereocenters. The highest BCUT2D eigenvalue weighted by molar-refractivity contribution is 7.92. The van der Waals surface area contributed by atoms with Crippen LogP contribution in [0.1, 0.15) is 5.56 Å². The Balaban J connectivity index is 2.36. The number of rotatable bonds is 4. The maximum absolute atomic E-state index is 12.3. The first-order valence-corrected chi connectivity index (χ1v) is 8.32. The molecule has 2 aromatic carbocycles. The van der Waals surface area contributed by atoms with Crippen LogP contribution in [0.15, 0.2) is 41.3 Å². The smallest absolute Gasteiger partial charge is 0.261 e. The van der Waals surface area contributed by atoms with E-state index in [-0.39, 0.29) is 27.2 Å². The van der Waals surface area contributed by atoms with Crippen LogP contribution in [0.3, 0.4) is 0 Å². The molecule has 0 amide bonds. The molecule has 21 heavy (non-hydrogen) atoms. The maximum Gasteiger partial charge on any atom is 0.261 e. The number of hydrogen-bond donors (Lipinski definition) is 2. The van der Waals surface area contributed by atoms with Crippen LogP contribution < -0.4 is 4.72 Å². The Morgan fingerprint density at radius 3 is 2.29 bits per heavy atom. The summed E-state index contributed by atoms with van der Waals surface area (Å²) in [7, 11) is -3.84. The minimum Gasteiger partial charge on any atom is -0.392 e. The van der Waals surface area contributed by atoms with E-state index >= 15 is 0 Å². The first-order valence-electron chi connectivity index (χ1n) is 5.70. The van der Waals surface area contributed by atoms with Crippen LogP contribution in [0, 0.1) is 0 Å². The monoisotopic (exact) mass is 365 g/mol.